The molecule has 2 heterocycles. The highest BCUT2D eigenvalue weighted by atomic mass is 16.1. The monoisotopic (exact) mass is 205 g/mol. The van der Waals surface area contributed by atoms with Crippen LogP contribution in [-0.4, -0.2) is 29.3 Å². The van der Waals surface area contributed by atoms with Gasteiger partial charge in [-0.25, -0.2) is 9.97 Å². The van der Waals surface area contributed by atoms with Crippen molar-refractivity contribution in [2.75, 3.05) is 18.0 Å². The number of hydrogen-bond donors (Lipinski definition) is 0. The SMILES string of the molecule is CC1CCN(c2cc(C=O)ncn2)CC1. The third-order valence-electron chi connectivity index (χ3n) is 2.90. The molecule has 1 aromatic heterocycles. The van der Waals surface area contributed by atoms with Gasteiger partial charge in [-0.15, -0.1) is 0 Å². The van der Waals surface area contributed by atoms with Crippen molar-refractivity contribution >= 4 is 12.1 Å². The number of hydrogen-bond acceptors (Lipinski definition) is 4. The van der Waals surface area contributed by atoms with E-state index in [0.717, 1.165) is 31.1 Å². The first kappa shape index (κ1) is 10.1. The molecule has 1 saturated heterocycles. The van der Waals surface area contributed by atoms with Crippen LogP contribution in [0.15, 0.2) is 12.4 Å². The summed E-state index contributed by atoms with van der Waals surface area (Å²) in [6, 6.07) is 1.75. The van der Waals surface area contributed by atoms with Gasteiger partial charge < -0.3 is 4.90 Å². The van der Waals surface area contributed by atoms with Crippen molar-refractivity contribution in [2.24, 2.45) is 5.92 Å². The maximum Gasteiger partial charge on any atom is 0.168 e. The molecule has 0 N–H and O–H groups in total. The summed E-state index contributed by atoms with van der Waals surface area (Å²) < 4.78 is 0. The number of nitrogens with zero attached hydrogens (tertiary/aromatic N) is 3. The summed E-state index contributed by atoms with van der Waals surface area (Å²) in [7, 11) is 0. The average Bonchev–Trinajstić information content (AvgIpc) is 2.30. The number of anilines is 1. The van der Waals surface area contributed by atoms with Crippen molar-refractivity contribution in [3.63, 3.8) is 0 Å². The maximum atomic E-state index is 10.6. The van der Waals surface area contributed by atoms with Crippen molar-refractivity contribution in [1.82, 2.24) is 9.97 Å². The van der Waals surface area contributed by atoms with Gasteiger partial charge in [0, 0.05) is 19.2 Å². The minimum absolute atomic E-state index is 0.457. The largest absolute Gasteiger partial charge is 0.356 e. The molecule has 0 saturated carbocycles. The van der Waals surface area contributed by atoms with Crippen LogP contribution in [0.2, 0.25) is 0 Å². The lowest BCUT2D eigenvalue weighted by Crippen LogP contribution is -2.33. The fourth-order valence-electron chi connectivity index (χ4n) is 1.84. The molecule has 1 aliphatic heterocycles. The minimum Gasteiger partial charge on any atom is -0.356 e. The van der Waals surface area contributed by atoms with E-state index in [9.17, 15) is 4.79 Å². The van der Waals surface area contributed by atoms with Crippen LogP contribution in [0.25, 0.3) is 0 Å². The lowest BCUT2D eigenvalue weighted by atomic mass is 9.99. The van der Waals surface area contributed by atoms with Crippen LogP contribution in [0, 0.1) is 5.92 Å². The summed E-state index contributed by atoms with van der Waals surface area (Å²) in [6.07, 6.45) is 4.61. The van der Waals surface area contributed by atoms with Gasteiger partial charge in [-0.05, 0) is 18.8 Å². The molecule has 0 amide bonds. The van der Waals surface area contributed by atoms with E-state index in [1.165, 1.54) is 19.2 Å². The average molecular weight is 205 g/mol. The third kappa shape index (κ3) is 2.32. The molecule has 0 aliphatic carbocycles. The van der Waals surface area contributed by atoms with E-state index >= 15 is 0 Å². The van der Waals surface area contributed by atoms with Gasteiger partial charge in [-0.2, -0.15) is 0 Å². The van der Waals surface area contributed by atoms with Gasteiger partial charge in [-0.1, -0.05) is 6.92 Å². The highest BCUT2D eigenvalue weighted by Gasteiger charge is 2.16. The zero-order chi connectivity index (χ0) is 10.7. The van der Waals surface area contributed by atoms with Gasteiger partial charge in [0.25, 0.3) is 0 Å². The first-order valence-electron chi connectivity index (χ1n) is 5.32. The van der Waals surface area contributed by atoms with E-state index in [1.807, 2.05) is 0 Å². The molecule has 0 aromatic carbocycles. The van der Waals surface area contributed by atoms with Crippen molar-refractivity contribution in [1.29, 1.82) is 0 Å². The molecule has 4 nitrogen and oxygen atoms in total. The van der Waals surface area contributed by atoms with E-state index in [2.05, 4.69) is 21.8 Å². The lowest BCUT2D eigenvalue weighted by molar-refractivity contribution is 0.111. The Labute approximate surface area is 89.3 Å². The van der Waals surface area contributed by atoms with E-state index in [1.54, 1.807) is 6.07 Å². The van der Waals surface area contributed by atoms with E-state index in [0.29, 0.717) is 5.69 Å². The first-order chi connectivity index (χ1) is 7.29. The smallest absolute Gasteiger partial charge is 0.168 e. The molecule has 1 fully saturated rings. The summed E-state index contributed by atoms with van der Waals surface area (Å²) >= 11 is 0. The number of aldehydes is 1. The Balaban J connectivity index is 2.11. The van der Waals surface area contributed by atoms with Crippen LogP contribution in [-0.2, 0) is 0 Å². The standard InChI is InChI=1S/C11H15N3O/c1-9-2-4-14(5-3-9)11-6-10(7-15)12-8-13-11/h6-9H,2-5H2,1H3. The Bertz CT molecular complexity index is 345. The predicted octanol–water partition coefficient (Wildman–Crippen LogP) is 1.53. The molecule has 0 atom stereocenters. The summed E-state index contributed by atoms with van der Waals surface area (Å²) in [4.78, 5) is 20.9. The summed E-state index contributed by atoms with van der Waals surface area (Å²) in [5.41, 5.74) is 0.457. The second kappa shape index (κ2) is 4.38. The zero-order valence-electron chi connectivity index (χ0n) is 8.89. The van der Waals surface area contributed by atoms with E-state index < -0.39 is 0 Å². The van der Waals surface area contributed by atoms with Gasteiger partial charge in [-0.3, -0.25) is 4.79 Å². The highest BCUT2D eigenvalue weighted by molar-refractivity contribution is 5.73. The first-order valence-corrected chi connectivity index (χ1v) is 5.32. The number of carbonyl (C=O) groups is 1. The van der Waals surface area contributed by atoms with Crippen molar-refractivity contribution in [3.05, 3.63) is 18.1 Å². The second-order valence-electron chi connectivity index (χ2n) is 4.09. The van der Waals surface area contributed by atoms with Gasteiger partial charge >= 0.3 is 0 Å². The molecule has 80 valence electrons. The van der Waals surface area contributed by atoms with Crippen LogP contribution >= 0.6 is 0 Å². The number of carbonyl (C=O) groups excluding carboxylic acids is 1. The molecule has 1 aromatic rings. The summed E-state index contributed by atoms with van der Waals surface area (Å²) in [6.45, 7) is 4.32. The molecule has 4 heteroatoms. The second-order valence-corrected chi connectivity index (χ2v) is 4.09. The molecule has 2 rings (SSSR count). The van der Waals surface area contributed by atoms with Crippen LogP contribution in [0.3, 0.4) is 0 Å². The molecule has 0 unspecified atom stereocenters. The van der Waals surface area contributed by atoms with Crippen LogP contribution in [0.4, 0.5) is 5.82 Å². The Morgan fingerprint density at radius 3 is 2.80 bits per heavy atom. The summed E-state index contributed by atoms with van der Waals surface area (Å²) in [5.74, 6) is 1.67. The molecule has 0 bridgehead atoms. The van der Waals surface area contributed by atoms with Crippen LogP contribution in [0.1, 0.15) is 30.3 Å². The van der Waals surface area contributed by atoms with E-state index in [-0.39, 0.29) is 0 Å². The zero-order valence-corrected chi connectivity index (χ0v) is 8.89. The Morgan fingerprint density at radius 1 is 1.40 bits per heavy atom. The van der Waals surface area contributed by atoms with Crippen molar-refractivity contribution in [3.8, 4) is 0 Å². The number of rotatable bonds is 2. The number of piperidine rings is 1. The quantitative estimate of drug-likeness (QED) is 0.687. The lowest BCUT2D eigenvalue weighted by Gasteiger charge is -2.31. The Morgan fingerprint density at radius 2 is 2.13 bits per heavy atom. The maximum absolute atomic E-state index is 10.6. The predicted molar refractivity (Wildman–Crippen MR) is 58.0 cm³/mol. The minimum atomic E-state index is 0.457. The normalized spacial score (nSPS) is 17.8. The van der Waals surface area contributed by atoms with Gasteiger partial charge in [0.05, 0.1) is 0 Å². The fourth-order valence-corrected chi connectivity index (χ4v) is 1.84. The molecular weight excluding hydrogens is 190 g/mol. The van der Waals surface area contributed by atoms with Gasteiger partial charge in [0.2, 0.25) is 0 Å². The van der Waals surface area contributed by atoms with Crippen molar-refractivity contribution < 1.29 is 4.79 Å². The molecule has 15 heavy (non-hydrogen) atoms. The van der Waals surface area contributed by atoms with E-state index in [4.69, 9.17) is 0 Å². The molecule has 0 radical (unpaired) electrons. The fraction of sp³-hybridized carbons (Fsp3) is 0.545. The van der Waals surface area contributed by atoms with Crippen LogP contribution < -0.4 is 4.90 Å². The topological polar surface area (TPSA) is 46.1 Å². The van der Waals surface area contributed by atoms with Gasteiger partial charge in [0.15, 0.2) is 6.29 Å². The van der Waals surface area contributed by atoms with Crippen molar-refractivity contribution in [2.45, 2.75) is 19.8 Å². The molecule has 1 aliphatic rings. The third-order valence-corrected chi connectivity index (χ3v) is 2.90. The Hall–Kier alpha value is -1.45. The summed E-state index contributed by atoms with van der Waals surface area (Å²) in [5, 5.41) is 0. The Kier molecular flexibility index (Phi) is 2.94. The molecular formula is C11H15N3O. The number of aromatic nitrogens is 2. The van der Waals surface area contributed by atoms with Crippen LogP contribution in [0.5, 0.6) is 0 Å². The highest BCUT2D eigenvalue weighted by Crippen LogP contribution is 2.20. The molecule has 0 spiro atoms. The van der Waals surface area contributed by atoms with Gasteiger partial charge in [0.1, 0.15) is 17.8 Å².